The number of aliphatic hydroxyl groups excluding tert-OH is 1. The van der Waals surface area contributed by atoms with Gasteiger partial charge in [-0.3, -0.25) is 5.10 Å². The van der Waals surface area contributed by atoms with Gasteiger partial charge in [-0.05, 0) is 18.6 Å². The fourth-order valence-corrected chi connectivity index (χ4v) is 2.23. The van der Waals surface area contributed by atoms with Crippen LogP contribution in [-0.2, 0) is 12.4 Å². The number of aromatic nitrogens is 3. The van der Waals surface area contributed by atoms with Crippen molar-refractivity contribution in [3.05, 3.63) is 41.5 Å². The van der Waals surface area contributed by atoms with E-state index in [0.717, 1.165) is 11.6 Å². The minimum Gasteiger partial charge on any atom is -0.388 e. The summed E-state index contributed by atoms with van der Waals surface area (Å²) >= 11 is 1.71. The number of thioether (sulfide) groups is 1. The highest BCUT2D eigenvalue weighted by Gasteiger charge is 2.03. The third-order valence-corrected chi connectivity index (χ3v) is 3.36. The van der Waals surface area contributed by atoms with Gasteiger partial charge in [0.2, 0.25) is 0 Å². The van der Waals surface area contributed by atoms with Crippen LogP contribution in [0, 0.1) is 6.92 Å². The van der Waals surface area contributed by atoms with Crippen LogP contribution in [0.15, 0.2) is 29.2 Å². The molecule has 16 heavy (non-hydrogen) atoms. The van der Waals surface area contributed by atoms with Gasteiger partial charge in [0.25, 0.3) is 0 Å². The molecule has 0 aliphatic rings. The molecule has 0 bridgehead atoms. The Labute approximate surface area is 98.1 Å². The molecule has 84 valence electrons. The number of aryl methyl sites for hydroxylation is 1. The highest BCUT2D eigenvalue weighted by Crippen LogP contribution is 2.24. The maximum Gasteiger partial charge on any atom is 0.176 e. The van der Waals surface area contributed by atoms with Crippen LogP contribution in [0.5, 0.6) is 0 Å². The van der Waals surface area contributed by atoms with Crippen LogP contribution in [0.1, 0.15) is 17.2 Å². The summed E-state index contributed by atoms with van der Waals surface area (Å²) in [4.78, 5) is 5.38. The molecule has 0 atom stereocenters. The fraction of sp³-hybridized carbons (Fsp3) is 0.273. The van der Waals surface area contributed by atoms with Gasteiger partial charge < -0.3 is 5.11 Å². The summed E-state index contributed by atoms with van der Waals surface area (Å²) in [6.45, 7) is 1.97. The van der Waals surface area contributed by atoms with Crippen molar-refractivity contribution in [2.45, 2.75) is 24.2 Å². The van der Waals surface area contributed by atoms with Gasteiger partial charge >= 0.3 is 0 Å². The Morgan fingerprint density at radius 3 is 2.88 bits per heavy atom. The lowest BCUT2D eigenvalue weighted by atomic mass is 10.2. The van der Waals surface area contributed by atoms with Gasteiger partial charge in [-0.1, -0.05) is 18.2 Å². The highest BCUT2D eigenvalue weighted by molar-refractivity contribution is 7.98. The number of aromatic amines is 1. The molecule has 1 aromatic heterocycles. The van der Waals surface area contributed by atoms with Crippen LogP contribution < -0.4 is 0 Å². The average molecular weight is 235 g/mol. The smallest absolute Gasteiger partial charge is 0.176 e. The quantitative estimate of drug-likeness (QED) is 0.794. The first-order valence-corrected chi connectivity index (χ1v) is 5.97. The van der Waals surface area contributed by atoms with E-state index in [4.69, 9.17) is 5.11 Å². The number of benzene rings is 1. The minimum absolute atomic E-state index is 0.120. The molecule has 0 radical (unpaired) electrons. The number of hydrogen-bond acceptors (Lipinski definition) is 4. The van der Waals surface area contributed by atoms with E-state index in [1.165, 1.54) is 10.5 Å². The van der Waals surface area contributed by atoms with Crippen molar-refractivity contribution in [1.29, 1.82) is 0 Å². The van der Waals surface area contributed by atoms with E-state index in [0.29, 0.717) is 5.82 Å². The molecule has 4 nitrogen and oxygen atoms in total. The lowest BCUT2D eigenvalue weighted by Gasteiger charge is -2.02. The maximum atomic E-state index is 8.83. The Kier molecular flexibility index (Phi) is 3.58. The van der Waals surface area contributed by atoms with Crippen molar-refractivity contribution in [2.24, 2.45) is 0 Å². The van der Waals surface area contributed by atoms with Gasteiger partial charge in [0.05, 0.1) is 5.75 Å². The number of rotatable bonds is 4. The number of nitrogens with one attached hydrogen (secondary N) is 1. The maximum absolute atomic E-state index is 8.83. The Balaban J connectivity index is 1.99. The first-order chi connectivity index (χ1) is 7.79. The van der Waals surface area contributed by atoms with E-state index in [1.807, 2.05) is 12.1 Å². The summed E-state index contributed by atoms with van der Waals surface area (Å²) in [5, 5.41) is 15.5. The van der Waals surface area contributed by atoms with E-state index in [-0.39, 0.29) is 6.61 Å². The molecule has 2 N–H and O–H groups in total. The molecular weight excluding hydrogens is 222 g/mol. The van der Waals surface area contributed by atoms with Crippen LogP contribution in [0.4, 0.5) is 0 Å². The lowest BCUT2D eigenvalue weighted by molar-refractivity contribution is 0.272. The van der Waals surface area contributed by atoms with Gasteiger partial charge in [-0.2, -0.15) is 5.10 Å². The van der Waals surface area contributed by atoms with Gasteiger partial charge in [0.15, 0.2) is 5.82 Å². The van der Waals surface area contributed by atoms with E-state index < -0.39 is 0 Å². The molecule has 2 aromatic rings. The first-order valence-electron chi connectivity index (χ1n) is 4.99. The summed E-state index contributed by atoms with van der Waals surface area (Å²) in [7, 11) is 0. The molecule has 0 fully saturated rings. The molecule has 0 amide bonds. The number of hydrogen-bond donors (Lipinski definition) is 2. The second-order valence-corrected chi connectivity index (χ2v) is 4.43. The SMILES string of the molecule is Cc1ccccc1SCc1nc(CO)n[nH]1. The summed E-state index contributed by atoms with van der Waals surface area (Å²) in [5.41, 5.74) is 1.26. The summed E-state index contributed by atoms with van der Waals surface area (Å²) < 4.78 is 0. The Bertz CT molecular complexity index is 470. The second kappa shape index (κ2) is 5.14. The van der Waals surface area contributed by atoms with Crippen molar-refractivity contribution in [3.8, 4) is 0 Å². The molecule has 2 rings (SSSR count). The predicted molar refractivity (Wildman–Crippen MR) is 63.0 cm³/mol. The molecule has 0 spiro atoms. The third-order valence-electron chi connectivity index (χ3n) is 2.18. The van der Waals surface area contributed by atoms with Crippen LogP contribution in [-0.4, -0.2) is 20.3 Å². The van der Waals surface area contributed by atoms with Gasteiger partial charge in [-0.15, -0.1) is 11.8 Å². The van der Waals surface area contributed by atoms with Crippen LogP contribution in [0.2, 0.25) is 0 Å². The van der Waals surface area contributed by atoms with E-state index in [1.54, 1.807) is 11.8 Å². The first kappa shape index (κ1) is 11.2. The largest absolute Gasteiger partial charge is 0.388 e. The Hall–Kier alpha value is -1.33. The monoisotopic (exact) mass is 235 g/mol. The number of aliphatic hydroxyl groups is 1. The zero-order valence-corrected chi connectivity index (χ0v) is 9.79. The van der Waals surface area contributed by atoms with Crippen molar-refractivity contribution < 1.29 is 5.11 Å². The van der Waals surface area contributed by atoms with Crippen molar-refractivity contribution in [1.82, 2.24) is 15.2 Å². The highest BCUT2D eigenvalue weighted by atomic mass is 32.2. The predicted octanol–water partition coefficient (Wildman–Crippen LogP) is 1.90. The normalized spacial score (nSPS) is 10.6. The molecule has 1 heterocycles. The van der Waals surface area contributed by atoms with Gasteiger partial charge in [0, 0.05) is 4.90 Å². The van der Waals surface area contributed by atoms with Crippen molar-refractivity contribution in [3.63, 3.8) is 0 Å². The molecule has 0 unspecified atom stereocenters. The molecule has 0 saturated carbocycles. The van der Waals surface area contributed by atoms with Crippen molar-refractivity contribution >= 4 is 11.8 Å². The van der Waals surface area contributed by atoms with E-state index in [9.17, 15) is 0 Å². The summed E-state index contributed by atoms with van der Waals surface area (Å²) in [5.74, 6) is 1.97. The fourth-order valence-electron chi connectivity index (χ4n) is 1.33. The van der Waals surface area contributed by atoms with E-state index >= 15 is 0 Å². The van der Waals surface area contributed by atoms with Crippen LogP contribution in [0.25, 0.3) is 0 Å². The minimum atomic E-state index is -0.120. The molecule has 0 aliphatic carbocycles. The standard InChI is InChI=1S/C11H13N3OS/c1-8-4-2-3-5-9(8)16-7-11-12-10(6-15)13-14-11/h2-5,15H,6-7H2,1H3,(H,12,13,14). The molecule has 0 saturated heterocycles. The van der Waals surface area contributed by atoms with Crippen LogP contribution in [0.3, 0.4) is 0 Å². The van der Waals surface area contributed by atoms with Gasteiger partial charge in [0.1, 0.15) is 12.4 Å². The molecule has 5 heteroatoms. The molecule has 0 aliphatic heterocycles. The number of nitrogens with zero attached hydrogens (tertiary/aromatic N) is 2. The van der Waals surface area contributed by atoms with Crippen LogP contribution >= 0.6 is 11.8 Å². The topological polar surface area (TPSA) is 61.8 Å². The Morgan fingerprint density at radius 1 is 1.38 bits per heavy atom. The average Bonchev–Trinajstić information content (AvgIpc) is 2.76. The molecule has 1 aromatic carbocycles. The van der Waals surface area contributed by atoms with Gasteiger partial charge in [-0.25, -0.2) is 4.98 Å². The molecular formula is C11H13N3OS. The number of H-pyrrole nitrogens is 1. The van der Waals surface area contributed by atoms with Crippen molar-refractivity contribution in [2.75, 3.05) is 0 Å². The summed E-state index contributed by atoms with van der Waals surface area (Å²) in [6, 6.07) is 8.22. The summed E-state index contributed by atoms with van der Waals surface area (Å²) in [6.07, 6.45) is 0. The zero-order chi connectivity index (χ0) is 11.4. The third kappa shape index (κ3) is 2.62. The zero-order valence-electron chi connectivity index (χ0n) is 8.97. The van der Waals surface area contributed by atoms with E-state index in [2.05, 4.69) is 34.2 Å². The lowest BCUT2D eigenvalue weighted by Crippen LogP contribution is -1.87. The second-order valence-electron chi connectivity index (χ2n) is 3.41. The Morgan fingerprint density at radius 2 is 2.19 bits per heavy atom.